The number of anilines is 2. The van der Waals surface area contributed by atoms with E-state index in [1.807, 2.05) is 59.7 Å². The summed E-state index contributed by atoms with van der Waals surface area (Å²) < 4.78 is 6.66. The van der Waals surface area contributed by atoms with E-state index in [1.54, 1.807) is 12.1 Å². The molecule has 0 atom stereocenters. The summed E-state index contributed by atoms with van der Waals surface area (Å²) >= 11 is 1.52. The molecular formula is C22H26N4O2S. The maximum atomic E-state index is 12.8. The molecule has 0 aliphatic heterocycles. The standard InChI is InChI=1S/C22H26N4O2S/c1-12(2)25-26-22-23-18-11-14(5)19(15(6)20(18)29-22)24-21(27)16-7-9-17(10-8-16)28-13(3)4/h7-11,13H,1-6H3,(H,23,26)(H,24,27). The van der Waals surface area contributed by atoms with Crippen LogP contribution in [0, 0.1) is 13.8 Å². The number of aryl methyl sites for hydroxylation is 2. The zero-order valence-corrected chi connectivity index (χ0v) is 18.4. The molecule has 0 saturated carbocycles. The number of hydrazone groups is 1. The average molecular weight is 411 g/mol. The Hall–Kier alpha value is -2.93. The predicted octanol–water partition coefficient (Wildman–Crippen LogP) is 5.76. The maximum absolute atomic E-state index is 12.8. The number of amides is 1. The molecule has 1 amide bonds. The third-order valence-corrected chi connectivity index (χ3v) is 5.31. The molecule has 7 heteroatoms. The summed E-state index contributed by atoms with van der Waals surface area (Å²) in [5.74, 6) is 0.598. The Labute approximate surface area is 175 Å². The van der Waals surface area contributed by atoms with E-state index in [4.69, 9.17) is 4.74 Å². The van der Waals surface area contributed by atoms with Gasteiger partial charge in [-0.05, 0) is 83.0 Å². The summed E-state index contributed by atoms with van der Waals surface area (Å²) in [6.45, 7) is 11.8. The van der Waals surface area contributed by atoms with Crippen molar-refractivity contribution in [2.45, 2.75) is 47.6 Å². The Morgan fingerprint density at radius 3 is 2.48 bits per heavy atom. The molecule has 3 aromatic rings. The lowest BCUT2D eigenvalue weighted by Crippen LogP contribution is -2.14. The van der Waals surface area contributed by atoms with Gasteiger partial charge in [-0.15, -0.1) is 0 Å². The second-order valence-corrected chi connectivity index (χ2v) is 8.38. The van der Waals surface area contributed by atoms with Gasteiger partial charge in [-0.1, -0.05) is 11.3 Å². The summed E-state index contributed by atoms with van der Waals surface area (Å²) in [6.07, 6.45) is 0.0948. The zero-order valence-electron chi connectivity index (χ0n) is 17.6. The van der Waals surface area contributed by atoms with Gasteiger partial charge in [0, 0.05) is 17.0 Å². The number of aromatic nitrogens is 1. The van der Waals surface area contributed by atoms with Gasteiger partial charge in [-0.25, -0.2) is 4.98 Å². The van der Waals surface area contributed by atoms with E-state index < -0.39 is 0 Å². The van der Waals surface area contributed by atoms with Crippen LogP contribution in [0.15, 0.2) is 35.4 Å². The van der Waals surface area contributed by atoms with Crippen molar-refractivity contribution in [3.05, 3.63) is 47.0 Å². The van der Waals surface area contributed by atoms with Gasteiger partial charge < -0.3 is 10.1 Å². The van der Waals surface area contributed by atoms with Crippen LogP contribution in [0.5, 0.6) is 5.75 Å². The predicted molar refractivity (Wildman–Crippen MR) is 122 cm³/mol. The number of ether oxygens (including phenoxy) is 1. The monoisotopic (exact) mass is 410 g/mol. The van der Waals surface area contributed by atoms with Crippen LogP contribution in [0.1, 0.15) is 49.2 Å². The average Bonchev–Trinajstić information content (AvgIpc) is 3.06. The molecule has 0 aliphatic carbocycles. The third-order valence-electron chi connectivity index (χ3n) is 4.22. The molecular weight excluding hydrogens is 384 g/mol. The van der Waals surface area contributed by atoms with E-state index in [-0.39, 0.29) is 12.0 Å². The number of fused-ring (bicyclic) bond motifs is 1. The highest BCUT2D eigenvalue weighted by molar-refractivity contribution is 7.22. The fourth-order valence-corrected chi connectivity index (χ4v) is 3.82. The van der Waals surface area contributed by atoms with E-state index in [1.165, 1.54) is 11.3 Å². The lowest BCUT2D eigenvalue weighted by Gasteiger charge is -2.13. The lowest BCUT2D eigenvalue weighted by molar-refractivity contribution is 0.102. The van der Waals surface area contributed by atoms with E-state index in [0.29, 0.717) is 5.56 Å². The molecule has 29 heavy (non-hydrogen) atoms. The molecule has 0 spiro atoms. The van der Waals surface area contributed by atoms with Gasteiger partial charge in [0.2, 0.25) is 5.13 Å². The van der Waals surface area contributed by atoms with Crippen molar-refractivity contribution < 1.29 is 9.53 Å². The quantitative estimate of drug-likeness (QED) is 0.400. The van der Waals surface area contributed by atoms with Gasteiger partial charge >= 0.3 is 0 Å². The summed E-state index contributed by atoms with van der Waals surface area (Å²) in [7, 11) is 0. The van der Waals surface area contributed by atoms with Crippen molar-refractivity contribution in [2.24, 2.45) is 5.10 Å². The molecule has 2 aromatic carbocycles. The molecule has 6 nitrogen and oxygen atoms in total. The van der Waals surface area contributed by atoms with Crippen LogP contribution in [0.3, 0.4) is 0 Å². The van der Waals surface area contributed by atoms with Crippen LogP contribution in [0.4, 0.5) is 10.8 Å². The van der Waals surface area contributed by atoms with Gasteiger partial charge in [0.15, 0.2) is 0 Å². The fourth-order valence-electron chi connectivity index (χ4n) is 2.93. The smallest absolute Gasteiger partial charge is 0.255 e. The first-order valence-electron chi connectivity index (χ1n) is 9.50. The first-order valence-corrected chi connectivity index (χ1v) is 10.3. The van der Waals surface area contributed by atoms with Crippen molar-refractivity contribution in [3.63, 3.8) is 0 Å². The molecule has 0 radical (unpaired) electrons. The van der Waals surface area contributed by atoms with Crippen LogP contribution < -0.4 is 15.5 Å². The van der Waals surface area contributed by atoms with Crippen LogP contribution in [0.25, 0.3) is 10.2 Å². The Morgan fingerprint density at radius 2 is 1.86 bits per heavy atom. The highest BCUT2D eigenvalue weighted by atomic mass is 32.1. The number of rotatable bonds is 6. The Morgan fingerprint density at radius 1 is 1.17 bits per heavy atom. The van der Waals surface area contributed by atoms with E-state index in [9.17, 15) is 4.79 Å². The first kappa shape index (κ1) is 20.8. The summed E-state index contributed by atoms with van der Waals surface area (Å²) in [5.41, 5.74) is 8.16. The second kappa shape index (κ2) is 8.61. The number of hydrogen-bond acceptors (Lipinski definition) is 6. The molecule has 1 aromatic heterocycles. The van der Waals surface area contributed by atoms with Gasteiger partial charge in [-0.2, -0.15) is 5.10 Å². The van der Waals surface area contributed by atoms with Crippen molar-refractivity contribution in [1.82, 2.24) is 4.98 Å². The molecule has 0 bridgehead atoms. The largest absolute Gasteiger partial charge is 0.491 e. The first-order chi connectivity index (χ1) is 13.7. The van der Waals surface area contributed by atoms with Crippen LogP contribution in [-0.2, 0) is 0 Å². The SMILES string of the molecule is CC(C)=NNc1nc2cc(C)c(NC(=O)c3ccc(OC(C)C)cc3)c(C)c2s1. The van der Waals surface area contributed by atoms with Gasteiger partial charge in [-0.3, -0.25) is 10.2 Å². The lowest BCUT2D eigenvalue weighted by atomic mass is 10.1. The number of carbonyl (C=O) groups excluding carboxylic acids is 1. The minimum atomic E-state index is -0.152. The van der Waals surface area contributed by atoms with Crippen molar-refractivity contribution in [2.75, 3.05) is 10.7 Å². The van der Waals surface area contributed by atoms with Crippen molar-refractivity contribution in [1.29, 1.82) is 0 Å². The molecule has 0 saturated heterocycles. The van der Waals surface area contributed by atoms with Gasteiger partial charge in [0.05, 0.1) is 16.3 Å². The fraction of sp³-hybridized carbons (Fsp3) is 0.318. The van der Waals surface area contributed by atoms with Crippen molar-refractivity contribution >= 4 is 44.0 Å². The number of nitrogens with zero attached hydrogens (tertiary/aromatic N) is 2. The van der Waals surface area contributed by atoms with Crippen LogP contribution in [-0.4, -0.2) is 22.7 Å². The molecule has 1 heterocycles. The molecule has 0 unspecified atom stereocenters. The Bertz CT molecular complexity index is 1060. The number of benzene rings is 2. The van der Waals surface area contributed by atoms with Gasteiger partial charge in [0.25, 0.3) is 5.91 Å². The van der Waals surface area contributed by atoms with Crippen LogP contribution >= 0.6 is 11.3 Å². The number of nitrogens with one attached hydrogen (secondary N) is 2. The topological polar surface area (TPSA) is 75.6 Å². The summed E-state index contributed by atoms with van der Waals surface area (Å²) in [5, 5.41) is 8.00. The number of carbonyl (C=O) groups is 1. The van der Waals surface area contributed by atoms with Crippen LogP contribution in [0.2, 0.25) is 0 Å². The summed E-state index contributed by atoms with van der Waals surface area (Å²) in [4.78, 5) is 17.4. The van der Waals surface area contributed by atoms with E-state index in [2.05, 4.69) is 20.8 Å². The zero-order chi connectivity index (χ0) is 21.1. The number of hydrogen-bond donors (Lipinski definition) is 2. The molecule has 3 rings (SSSR count). The Balaban J connectivity index is 1.85. The van der Waals surface area contributed by atoms with Gasteiger partial charge in [0.1, 0.15) is 5.75 Å². The highest BCUT2D eigenvalue weighted by Gasteiger charge is 2.15. The molecule has 0 aliphatic rings. The third kappa shape index (κ3) is 4.92. The molecule has 0 fully saturated rings. The van der Waals surface area contributed by atoms with E-state index >= 15 is 0 Å². The minimum absolute atomic E-state index is 0.0948. The number of thiazole rings is 1. The summed E-state index contributed by atoms with van der Waals surface area (Å²) in [6, 6.07) is 9.16. The van der Waals surface area contributed by atoms with Crippen molar-refractivity contribution in [3.8, 4) is 5.75 Å². The minimum Gasteiger partial charge on any atom is -0.491 e. The maximum Gasteiger partial charge on any atom is 0.255 e. The van der Waals surface area contributed by atoms with E-state index in [0.717, 1.165) is 43.6 Å². The normalized spacial score (nSPS) is 10.9. The Kier molecular flexibility index (Phi) is 6.17. The molecule has 152 valence electrons. The molecule has 2 N–H and O–H groups in total. The highest BCUT2D eigenvalue weighted by Crippen LogP contribution is 2.35. The second-order valence-electron chi connectivity index (χ2n) is 7.38.